The number of piperidine rings is 1. The molecule has 0 aliphatic carbocycles. The Labute approximate surface area is 141 Å². The highest BCUT2D eigenvalue weighted by Crippen LogP contribution is 2.32. The molecule has 6 heteroatoms. The van der Waals surface area contributed by atoms with Gasteiger partial charge < -0.3 is 9.64 Å². The standard InChI is InChI=1S/C17H22N4OS/c1-12-10-16(22-17-19-14(3)20-23-17)13(2)9-15(12)18-11-21-7-5-4-6-8-21/h9-11H,4-8H2,1-3H3/b18-11+. The fraction of sp³-hybridized carbons (Fsp3) is 0.471. The maximum Gasteiger partial charge on any atom is 0.298 e. The Morgan fingerprint density at radius 1 is 1.13 bits per heavy atom. The lowest BCUT2D eigenvalue weighted by Gasteiger charge is -2.23. The van der Waals surface area contributed by atoms with Gasteiger partial charge in [0, 0.05) is 24.6 Å². The van der Waals surface area contributed by atoms with Crippen LogP contribution in [-0.2, 0) is 0 Å². The van der Waals surface area contributed by atoms with Crippen LogP contribution in [0.1, 0.15) is 36.2 Å². The van der Waals surface area contributed by atoms with Crippen molar-refractivity contribution in [2.75, 3.05) is 13.1 Å². The summed E-state index contributed by atoms with van der Waals surface area (Å²) >= 11 is 1.27. The molecule has 1 aromatic carbocycles. The van der Waals surface area contributed by atoms with Gasteiger partial charge in [0.15, 0.2) is 0 Å². The van der Waals surface area contributed by atoms with Crippen LogP contribution < -0.4 is 4.74 Å². The topological polar surface area (TPSA) is 50.6 Å². The van der Waals surface area contributed by atoms with Gasteiger partial charge in [-0.25, -0.2) is 4.99 Å². The highest BCUT2D eigenvalue weighted by atomic mass is 32.1. The van der Waals surface area contributed by atoms with Crippen LogP contribution in [0, 0.1) is 20.8 Å². The third kappa shape index (κ3) is 4.07. The third-order valence-electron chi connectivity index (χ3n) is 3.95. The Hall–Kier alpha value is -1.95. The molecule has 1 aromatic heterocycles. The molecule has 2 heterocycles. The van der Waals surface area contributed by atoms with Crippen LogP contribution in [0.3, 0.4) is 0 Å². The summed E-state index contributed by atoms with van der Waals surface area (Å²) in [4.78, 5) is 11.2. The molecule has 1 aliphatic heterocycles. The first kappa shape index (κ1) is 15.9. The van der Waals surface area contributed by atoms with E-state index in [2.05, 4.69) is 32.2 Å². The van der Waals surface area contributed by atoms with E-state index in [0.717, 1.165) is 41.5 Å². The second-order valence-electron chi connectivity index (χ2n) is 5.95. The van der Waals surface area contributed by atoms with E-state index in [0.29, 0.717) is 5.19 Å². The maximum atomic E-state index is 5.84. The molecule has 0 amide bonds. The SMILES string of the molecule is Cc1nsc(Oc2cc(C)c(/N=C/N3CCCCC3)cc2C)n1. The van der Waals surface area contributed by atoms with Crippen molar-refractivity contribution in [3.05, 3.63) is 29.1 Å². The minimum atomic E-state index is 0.578. The van der Waals surface area contributed by atoms with Crippen molar-refractivity contribution >= 4 is 23.6 Å². The van der Waals surface area contributed by atoms with Gasteiger partial charge in [0.1, 0.15) is 11.6 Å². The molecule has 0 unspecified atom stereocenters. The number of benzene rings is 1. The van der Waals surface area contributed by atoms with E-state index >= 15 is 0 Å². The Morgan fingerprint density at radius 3 is 2.61 bits per heavy atom. The van der Waals surface area contributed by atoms with Crippen LogP contribution in [0.15, 0.2) is 17.1 Å². The Balaban J connectivity index is 1.75. The van der Waals surface area contributed by atoms with E-state index < -0.39 is 0 Å². The quantitative estimate of drug-likeness (QED) is 0.616. The van der Waals surface area contributed by atoms with Crippen molar-refractivity contribution in [2.24, 2.45) is 4.99 Å². The summed E-state index contributed by atoms with van der Waals surface area (Å²) in [5.41, 5.74) is 3.14. The molecule has 0 bridgehead atoms. The summed E-state index contributed by atoms with van der Waals surface area (Å²) < 4.78 is 9.98. The van der Waals surface area contributed by atoms with Gasteiger partial charge in [-0.05, 0) is 63.3 Å². The van der Waals surface area contributed by atoms with Gasteiger partial charge >= 0.3 is 0 Å². The molecule has 1 aliphatic rings. The fourth-order valence-electron chi connectivity index (χ4n) is 2.61. The molecule has 0 spiro atoms. The lowest BCUT2D eigenvalue weighted by atomic mass is 10.1. The van der Waals surface area contributed by atoms with E-state index in [-0.39, 0.29) is 0 Å². The Bertz CT molecular complexity index is 705. The molecule has 5 nitrogen and oxygen atoms in total. The van der Waals surface area contributed by atoms with Crippen molar-refractivity contribution in [3.63, 3.8) is 0 Å². The average molecular weight is 330 g/mol. The molecule has 0 N–H and O–H groups in total. The molecular weight excluding hydrogens is 308 g/mol. The van der Waals surface area contributed by atoms with Crippen LogP contribution >= 0.6 is 11.5 Å². The highest BCUT2D eigenvalue weighted by Gasteiger charge is 2.10. The molecule has 0 atom stereocenters. The van der Waals surface area contributed by atoms with Crippen molar-refractivity contribution in [3.8, 4) is 10.9 Å². The Morgan fingerprint density at radius 2 is 1.91 bits per heavy atom. The van der Waals surface area contributed by atoms with E-state index in [1.54, 1.807) is 0 Å². The zero-order valence-corrected chi connectivity index (χ0v) is 14.7. The number of aliphatic imine (C=N–C) groups is 1. The number of rotatable bonds is 4. The van der Waals surface area contributed by atoms with Crippen LogP contribution in [0.2, 0.25) is 0 Å². The molecule has 3 rings (SSSR count). The van der Waals surface area contributed by atoms with E-state index in [9.17, 15) is 0 Å². The van der Waals surface area contributed by atoms with Gasteiger partial charge in [-0.3, -0.25) is 0 Å². The van der Waals surface area contributed by atoms with Crippen LogP contribution in [0.25, 0.3) is 0 Å². The summed E-state index contributed by atoms with van der Waals surface area (Å²) in [5, 5.41) is 0.578. The smallest absolute Gasteiger partial charge is 0.298 e. The summed E-state index contributed by atoms with van der Waals surface area (Å²) in [7, 11) is 0. The summed E-state index contributed by atoms with van der Waals surface area (Å²) in [6, 6.07) is 4.09. The van der Waals surface area contributed by atoms with Crippen molar-refractivity contribution < 1.29 is 4.74 Å². The molecule has 2 aromatic rings. The molecule has 1 fully saturated rings. The molecule has 0 radical (unpaired) electrons. The summed E-state index contributed by atoms with van der Waals surface area (Å²) in [6.07, 6.45) is 5.84. The normalized spacial score (nSPS) is 15.3. The third-order valence-corrected chi connectivity index (χ3v) is 4.64. The predicted octanol–water partition coefficient (Wildman–Crippen LogP) is 4.40. The monoisotopic (exact) mass is 330 g/mol. The Kier molecular flexibility index (Phi) is 4.91. The van der Waals surface area contributed by atoms with Crippen LogP contribution in [0.4, 0.5) is 5.69 Å². The van der Waals surface area contributed by atoms with Gasteiger partial charge in [-0.15, -0.1) is 0 Å². The second kappa shape index (κ2) is 7.08. The number of aromatic nitrogens is 2. The molecule has 23 heavy (non-hydrogen) atoms. The minimum Gasteiger partial charge on any atom is -0.430 e. The number of aryl methyl sites for hydroxylation is 3. The number of nitrogens with zero attached hydrogens (tertiary/aromatic N) is 4. The van der Waals surface area contributed by atoms with Crippen LogP contribution in [0.5, 0.6) is 10.9 Å². The number of hydrogen-bond acceptors (Lipinski definition) is 5. The second-order valence-corrected chi connectivity index (χ2v) is 6.67. The lowest BCUT2D eigenvalue weighted by Crippen LogP contribution is -2.28. The first-order valence-electron chi connectivity index (χ1n) is 7.99. The number of likely N-dealkylation sites (tertiary alicyclic amines) is 1. The zero-order chi connectivity index (χ0) is 16.2. The molecule has 0 saturated carbocycles. The van der Waals surface area contributed by atoms with E-state index in [1.807, 2.05) is 26.3 Å². The zero-order valence-electron chi connectivity index (χ0n) is 13.9. The first-order chi connectivity index (χ1) is 11.1. The average Bonchev–Trinajstić information content (AvgIpc) is 2.95. The van der Waals surface area contributed by atoms with Gasteiger partial charge in [0.05, 0.1) is 12.0 Å². The predicted molar refractivity (Wildman–Crippen MR) is 94.2 cm³/mol. The van der Waals surface area contributed by atoms with Crippen LogP contribution in [-0.4, -0.2) is 33.7 Å². The number of hydrogen-bond donors (Lipinski definition) is 0. The maximum absolute atomic E-state index is 5.84. The highest BCUT2D eigenvalue weighted by molar-refractivity contribution is 7.07. The minimum absolute atomic E-state index is 0.578. The van der Waals surface area contributed by atoms with Crippen molar-refractivity contribution in [1.29, 1.82) is 0 Å². The molecule has 122 valence electrons. The lowest BCUT2D eigenvalue weighted by molar-refractivity contribution is 0.351. The molecular formula is C17H22N4OS. The van der Waals surface area contributed by atoms with Gasteiger partial charge in [0.2, 0.25) is 0 Å². The van der Waals surface area contributed by atoms with E-state index in [1.165, 1.54) is 30.8 Å². The van der Waals surface area contributed by atoms with Gasteiger partial charge in [-0.2, -0.15) is 9.36 Å². The molecule has 1 saturated heterocycles. The fourth-order valence-corrected chi connectivity index (χ4v) is 3.17. The van der Waals surface area contributed by atoms with Gasteiger partial charge in [0.25, 0.3) is 5.19 Å². The first-order valence-corrected chi connectivity index (χ1v) is 8.77. The number of ether oxygens (including phenoxy) is 1. The largest absolute Gasteiger partial charge is 0.430 e. The van der Waals surface area contributed by atoms with Crippen molar-refractivity contribution in [2.45, 2.75) is 40.0 Å². The summed E-state index contributed by atoms with van der Waals surface area (Å²) in [5.74, 6) is 1.55. The van der Waals surface area contributed by atoms with E-state index in [4.69, 9.17) is 4.74 Å². The summed E-state index contributed by atoms with van der Waals surface area (Å²) in [6.45, 7) is 8.17. The van der Waals surface area contributed by atoms with Gasteiger partial charge in [-0.1, -0.05) is 0 Å². The van der Waals surface area contributed by atoms with Crippen molar-refractivity contribution in [1.82, 2.24) is 14.3 Å².